The van der Waals surface area contributed by atoms with E-state index < -0.39 is 0 Å². The topological polar surface area (TPSA) is 63.3 Å². The zero-order valence-corrected chi connectivity index (χ0v) is 11.0. The molecule has 0 bridgehead atoms. The summed E-state index contributed by atoms with van der Waals surface area (Å²) in [5.74, 6) is 0.501. The lowest BCUT2D eigenvalue weighted by Gasteiger charge is -2.11. The van der Waals surface area contributed by atoms with E-state index in [-0.39, 0.29) is 0 Å². The lowest BCUT2D eigenvalue weighted by atomic mass is 10.2. The van der Waals surface area contributed by atoms with Gasteiger partial charge in [0.1, 0.15) is 5.15 Å². The molecule has 0 radical (unpaired) electrons. The van der Waals surface area contributed by atoms with Gasteiger partial charge in [0.05, 0.1) is 0 Å². The predicted molar refractivity (Wildman–Crippen MR) is 72.3 cm³/mol. The lowest BCUT2D eigenvalue weighted by molar-refractivity contribution is 0.636. The standard InChI is InChI=1S/C12H19ClN4/c1-3-9(2)17-12(14)15-7-6-10-4-5-11(13)16-8-10/h4-5,8-9H,3,6-7H2,1-2H3,(H3,14,15,17). The monoisotopic (exact) mass is 254 g/mol. The fourth-order valence-electron chi connectivity index (χ4n) is 1.26. The SMILES string of the molecule is CCC(C)NC(N)=NCCc1ccc(Cl)nc1. The van der Waals surface area contributed by atoms with Crippen molar-refractivity contribution in [2.24, 2.45) is 10.7 Å². The zero-order chi connectivity index (χ0) is 12.7. The van der Waals surface area contributed by atoms with Crippen LogP contribution < -0.4 is 11.1 Å². The van der Waals surface area contributed by atoms with E-state index in [9.17, 15) is 0 Å². The van der Waals surface area contributed by atoms with Crippen molar-refractivity contribution in [3.8, 4) is 0 Å². The minimum absolute atomic E-state index is 0.357. The van der Waals surface area contributed by atoms with Crippen LogP contribution in [0.2, 0.25) is 5.15 Å². The quantitative estimate of drug-likeness (QED) is 0.480. The Balaban J connectivity index is 2.36. The molecule has 0 amide bonds. The van der Waals surface area contributed by atoms with Crippen LogP contribution in [-0.4, -0.2) is 23.5 Å². The molecule has 3 N–H and O–H groups in total. The maximum Gasteiger partial charge on any atom is 0.188 e. The number of halogens is 1. The Morgan fingerprint density at radius 2 is 2.35 bits per heavy atom. The van der Waals surface area contributed by atoms with Crippen molar-refractivity contribution in [1.82, 2.24) is 10.3 Å². The predicted octanol–water partition coefficient (Wildman–Crippen LogP) is 1.98. The van der Waals surface area contributed by atoms with Gasteiger partial charge in [-0.25, -0.2) is 4.98 Å². The number of nitrogens with two attached hydrogens (primary N) is 1. The first-order valence-corrected chi connectivity index (χ1v) is 6.16. The summed E-state index contributed by atoms with van der Waals surface area (Å²) < 4.78 is 0. The van der Waals surface area contributed by atoms with E-state index in [1.807, 2.05) is 6.07 Å². The van der Waals surface area contributed by atoms with Gasteiger partial charge in [-0.05, 0) is 31.4 Å². The minimum atomic E-state index is 0.357. The molecule has 0 spiro atoms. The summed E-state index contributed by atoms with van der Waals surface area (Å²) in [7, 11) is 0. The smallest absolute Gasteiger partial charge is 0.188 e. The van der Waals surface area contributed by atoms with E-state index in [1.165, 1.54) is 0 Å². The molecular weight excluding hydrogens is 236 g/mol. The second-order valence-electron chi connectivity index (χ2n) is 3.96. The number of aliphatic imine (C=N–C) groups is 1. The van der Waals surface area contributed by atoms with Gasteiger partial charge in [0.2, 0.25) is 0 Å². The highest BCUT2D eigenvalue weighted by atomic mass is 35.5. The molecule has 0 saturated heterocycles. The number of nitrogens with zero attached hydrogens (tertiary/aromatic N) is 2. The first-order valence-electron chi connectivity index (χ1n) is 5.78. The van der Waals surface area contributed by atoms with Crippen LogP contribution in [0.15, 0.2) is 23.3 Å². The number of hydrogen-bond acceptors (Lipinski definition) is 2. The molecule has 0 aliphatic heterocycles. The Hall–Kier alpha value is -1.29. The Labute approximate surface area is 107 Å². The summed E-state index contributed by atoms with van der Waals surface area (Å²) in [5, 5.41) is 3.63. The third-order valence-corrected chi connectivity index (χ3v) is 2.70. The van der Waals surface area contributed by atoms with E-state index >= 15 is 0 Å². The summed E-state index contributed by atoms with van der Waals surface area (Å²) in [5.41, 5.74) is 6.85. The minimum Gasteiger partial charge on any atom is -0.370 e. The van der Waals surface area contributed by atoms with Gasteiger partial charge >= 0.3 is 0 Å². The van der Waals surface area contributed by atoms with Crippen LogP contribution in [0.25, 0.3) is 0 Å². The maximum atomic E-state index is 5.74. The van der Waals surface area contributed by atoms with E-state index in [4.69, 9.17) is 17.3 Å². The van der Waals surface area contributed by atoms with E-state index in [2.05, 4.69) is 29.1 Å². The molecule has 17 heavy (non-hydrogen) atoms. The molecule has 0 aliphatic carbocycles. The highest BCUT2D eigenvalue weighted by Crippen LogP contribution is 2.05. The molecule has 1 heterocycles. The first-order chi connectivity index (χ1) is 8.11. The van der Waals surface area contributed by atoms with Crippen molar-refractivity contribution in [3.63, 3.8) is 0 Å². The van der Waals surface area contributed by atoms with Gasteiger partial charge in [0.25, 0.3) is 0 Å². The molecule has 1 aromatic rings. The fourth-order valence-corrected chi connectivity index (χ4v) is 1.37. The molecule has 1 atom stereocenters. The van der Waals surface area contributed by atoms with Crippen molar-refractivity contribution in [3.05, 3.63) is 29.0 Å². The average molecular weight is 255 g/mol. The van der Waals surface area contributed by atoms with E-state index in [1.54, 1.807) is 12.3 Å². The Morgan fingerprint density at radius 3 is 2.94 bits per heavy atom. The molecular formula is C12H19ClN4. The molecule has 1 rings (SSSR count). The van der Waals surface area contributed by atoms with Crippen LogP contribution >= 0.6 is 11.6 Å². The summed E-state index contributed by atoms with van der Waals surface area (Å²) in [6.07, 6.45) is 3.60. The summed E-state index contributed by atoms with van der Waals surface area (Å²) in [6, 6.07) is 4.08. The van der Waals surface area contributed by atoms with Crippen molar-refractivity contribution in [2.45, 2.75) is 32.7 Å². The van der Waals surface area contributed by atoms with Crippen LogP contribution in [0.4, 0.5) is 0 Å². The molecule has 0 saturated carbocycles. The average Bonchev–Trinajstić information content (AvgIpc) is 2.31. The molecule has 94 valence electrons. The highest BCUT2D eigenvalue weighted by Gasteiger charge is 1.99. The molecule has 1 aromatic heterocycles. The molecule has 0 fully saturated rings. The van der Waals surface area contributed by atoms with Gasteiger partial charge in [-0.1, -0.05) is 24.6 Å². The largest absolute Gasteiger partial charge is 0.370 e. The van der Waals surface area contributed by atoms with E-state index in [0.29, 0.717) is 23.7 Å². The Bertz CT molecular complexity index is 361. The van der Waals surface area contributed by atoms with Crippen molar-refractivity contribution in [2.75, 3.05) is 6.54 Å². The number of nitrogens with one attached hydrogen (secondary N) is 1. The van der Waals surface area contributed by atoms with Crippen LogP contribution in [-0.2, 0) is 6.42 Å². The number of guanidine groups is 1. The van der Waals surface area contributed by atoms with Crippen LogP contribution in [0.5, 0.6) is 0 Å². The third-order valence-electron chi connectivity index (χ3n) is 2.48. The number of hydrogen-bond donors (Lipinski definition) is 2. The molecule has 4 nitrogen and oxygen atoms in total. The van der Waals surface area contributed by atoms with Gasteiger partial charge in [0, 0.05) is 18.8 Å². The molecule has 5 heteroatoms. The number of pyridine rings is 1. The second kappa shape index (κ2) is 7.12. The van der Waals surface area contributed by atoms with Gasteiger partial charge in [-0.15, -0.1) is 0 Å². The van der Waals surface area contributed by atoms with Crippen LogP contribution in [0.3, 0.4) is 0 Å². The number of aromatic nitrogens is 1. The molecule has 1 unspecified atom stereocenters. The normalized spacial score (nSPS) is 13.5. The van der Waals surface area contributed by atoms with Crippen molar-refractivity contribution < 1.29 is 0 Å². The maximum absolute atomic E-state index is 5.74. The van der Waals surface area contributed by atoms with Gasteiger partial charge in [-0.2, -0.15) is 0 Å². The van der Waals surface area contributed by atoms with Gasteiger partial charge in [-0.3, -0.25) is 4.99 Å². The zero-order valence-electron chi connectivity index (χ0n) is 10.3. The second-order valence-corrected chi connectivity index (χ2v) is 4.35. The fraction of sp³-hybridized carbons (Fsp3) is 0.500. The highest BCUT2D eigenvalue weighted by molar-refractivity contribution is 6.29. The Morgan fingerprint density at radius 1 is 1.59 bits per heavy atom. The van der Waals surface area contributed by atoms with Crippen LogP contribution in [0, 0.1) is 0 Å². The molecule has 0 aromatic carbocycles. The summed E-state index contributed by atoms with van der Waals surface area (Å²) in [6.45, 7) is 4.83. The van der Waals surface area contributed by atoms with Gasteiger partial charge < -0.3 is 11.1 Å². The number of rotatable bonds is 5. The van der Waals surface area contributed by atoms with Crippen LogP contribution in [0.1, 0.15) is 25.8 Å². The van der Waals surface area contributed by atoms with Crippen molar-refractivity contribution in [1.29, 1.82) is 0 Å². The first kappa shape index (κ1) is 13.8. The summed E-state index contributed by atoms with van der Waals surface area (Å²) in [4.78, 5) is 8.26. The van der Waals surface area contributed by atoms with Gasteiger partial charge in [0.15, 0.2) is 5.96 Å². The van der Waals surface area contributed by atoms with E-state index in [0.717, 1.165) is 18.4 Å². The Kier molecular flexibility index (Phi) is 5.77. The van der Waals surface area contributed by atoms with Crippen molar-refractivity contribution >= 4 is 17.6 Å². The summed E-state index contributed by atoms with van der Waals surface area (Å²) >= 11 is 5.70. The third kappa shape index (κ3) is 5.54. The lowest BCUT2D eigenvalue weighted by Crippen LogP contribution is -2.38. The molecule has 0 aliphatic rings.